The summed E-state index contributed by atoms with van der Waals surface area (Å²) < 4.78 is 0. The summed E-state index contributed by atoms with van der Waals surface area (Å²) in [6, 6.07) is 0. The highest BCUT2D eigenvalue weighted by Crippen LogP contribution is 2.07. The molecule has 0 unspecified atom stereocenters. The molecule has 0 aliphatic carbocycles. The molecule has 0 saturated heterocycles. The van der Waals surface area contributed by atoms with Crippen LogP contribution in [0.3, 0.4) is 0 Å². The Labute approximate surface area is 153 Å². The Morgan fingerprint density at radius 3 is 2.04 bits per heavy atom. The lowest BCUT2D eigenvalue weighted by Gasteiger charge is -2.13. The van der Waals surface area contributed by atoms with Crippen LogP contribution >= 0.6 is 0 Å². The van der Waals surface area contributed by atoms with E-state index in [1.54, 1.807) is 0 Å². The first-order valence-electron chi connectivity index (χ1n) is 9.23. The van der Waals surface area contributed by atoms with Gasteiger partial charge in [-0.1, -0.05) is 74.4 Å². The van der Waals surface area contributed by atoms with Crippen molar-refractivity contribution in [3.63, 3.8) is 0 Å². The molecule has 0 aromatic carbocycles. The molecule has 0 bridgehead atoms. The zero-order valence-corrected chi connectivity index (χ0v) is 17.8. The Kier molecular flexibility index (Phi) is 24.8. The van der Waals surface area contributed by atoms with Crippen molar-refractivity contribution in [2.24, 2.45) is 0 Å². The molecule has 140 valence electrons. The number of rotatable bonds is 9. The molecule has 0 aromatic heterocycles. The van der Waals surface area contributed by atoms with Gasteiger partial charge in [-0.15, -0.1) is 6.58 Å². The quantitative estimate of drug-likeness (QED) is 0.399. The van der Waals surface area contributed by atoms with Crippen molar-refractivity contribution in [1.29, 1.82) is 0 Å². The van der Waals surface area contributed by atoms with Crippen LogP contribution in [0.2, 0.25) is 0 Å². The van der Waals surface area contributed by atoms with E-state index in [9.17, 15) is 0 Å². The SMILES string of the molecule is C=C(CC=C(C)C)C/C=C/CC.C=CCN(C)C/C(C)=C/C.CC. The molecular weight excluding hydrogens is 290 g/mol. The zero-order chi connectivity index (χ0) is 19.4. The van der Waals surface area contributed by atoms with Crippen LogP contribution in [0.25, 0.3) is 0 Å². The van der Waals surface area contributed by atoms with E-state index in [2.05, 4.69) is 84.0 Å². The molecule has 24 heavy (non-hydrogen) atoms. The van der Waals surface area contributed by atoms with Gasteiger partial charge in [-0.25, -0.2) is 0 Å². The minimum atomic E-state index is 0.963. The second-order valence-electron chi connectivity index (χ2n) is 5.94. The summed E-state index contributed by atoms with van der Waals surface area (Å²) in [5, 5.41) is 0. The second-order valence-corrected chi connectivity index (χ2v) is 5.94. The lowest BCUT2D eigenvalue weighted by molar-refractivity contribution is 0.403. The minimum absolute atomic E-state index is 0.963. The van der Waals surface area contributed by atoms with Gasteiger partial charge in [0.05, 0.1) is 0 Å². The molecule has 0 radical (unpaired) electrons. The lowest BCUT2D eigenvalue weighted by atomic mass is 10.1. The first kappa shape index (κ1) is 27.5. The van der Waals surface area contributed by atoms with E-state index in [0.717, 1.165) is 32.4 Å². The van der Waals surface area contributed by atoms with Gasteiger partial charge in [-0.3, -0.25) is 4.90 Å². The molecule has 0 aliphatic rings. The second kappa shape index (κ2) is 21.7. The van der Waals surface area contributed by atoms with E-state index >= 15 is 0 Å². The third kappa shape index (κ3) is 25.6. The van der Waals surface area contributed by atoms with Crippen molar-refractivity contribution >= 4 is 0 Å². The first-order valence-corrected chi connectivity index (χ1v) is 9.23. The average molecular weight is 334 g/mol. The molecule has 0 spiro atoms. The Bertz CT molecular complexity index is 379. The van der Waals surface area contributed by atoms with Gasteiger partial charge in [0.2, 0.25) is 0 Å². The highest BCUT2D eigenvalue weighted by atomic mass is 15.1. The van der Waals surface area contributed by atoms with Crippen LogP contribution < -0.4 is 0 Å². The molecule has 0 amide bonds. The number of nitrogens with zero attached hydrogens (tertiary/aromatic N) is 1. The average Bonchev–Trinajstić information content (AvgIpc) is 2.55. The maximum atomic E-state index is 4.00. The van der Waals surface area contributed by atoms with E-state index in [4.69, 9.17) is 0 Å². The molecule has 0 aliphatic heterocycles. The Hall–Kier alpha value is -1.34. The van der Waals surface area contributed by atoms with Gasteiger partial charge in [0, 0.05) is 13.1 Å². The zero-order valence-electron chi connectivity index (χ0n) is 17.8. The van der Waals surface area contributed by atoms with Gasteiger partial charge in [0.1, 0.15) is 0 Å². The number of hydrogen-bond donors (Lipinski definition) is 0. The minimum Gasteiger partial charge on any atom is -0.299 e. The Balaban J connectivity index is -0.000000337. The molecular formula is C23H43N. The molecule has 0 fully saturated rings. The van der Waals surface area contributed by atoms with Crippen LogP contribution in [0.1, 0.15) is 67.7 Å². The normalized spacial score (nSPS) is 10.5. The van der Waals surface area contributed by atoms with Crippen molar-refractivity contribution in [2.75, 3.05) is 20.1 Å². The van der Waals surface area contributed by atoms with E-state index in [1.165, 1.54) is 16.7 Å². The highest BCUT2D eigenvalue weighted by Gasteiger charge is 1.93. The summed E-state index contributed by atoms with van der Waals surface area (Å²) in [6.45, 7) is 24.3. The molecule has 0 atom stereocenters. The molecule has 0 heterocycles. The van der Waals surface area contributed by atoms with Crippen LogP contribution in [0.15, 0.2) is 60.3 Å². The molecule has 0 saturated carbocycles. The smallest absolute Gasteiger partial charge is 0.0190 e. The topological polar surface area (TPSA) is 3.24 Å². The van der Waals surface area contributed by atoms with Crippen LogP contribution in [-0.4, -0.2) is 25.0 Å². The van der Waals surface area contributed by atoms with Gasteiger partial charge < -0.3 is 0 Å². The van der Waals surface area contributed by atoms with Crippen LogP contribution in [0.4, 0.5) is 0 Å². The highest BCUT2D eigenvalue weighted by molar-refractivity contribution is 5.09. The van der Waals surface area contributed by atoms with Gasteiger partial charge in [-0.2, -0.15) is 0 Å². The summed E-state index contributed by atoms with van der Waals surface area (Å²) in [4.78, 5) is 2.22. The third-order valence-corrected chi connectivity index (χ3v) is 3.06. The number of allylic oxidation sites excluding steroid dienone is 6. The predicted molar refractivity (Wildman–Crippen MR) is 116 cm³/mol. The van der Waals surface area contributed by atoms with E-state index < -0.39 is 0 Å². The summed E-state index contributed by atoms with van der Waals surface area (Å²) in [7, 11) is 2.09. The molecule has 0 rings (SSSR count). The fourth-order valence-corrected chi connectivity index (χ4v) is 1.65. The predicted octanol–water partition coefficient (Wildman–Crippen LogP) is 7.35. The summed E-state index contributed by atoms with van der Waals surface area (Å²) in [5.74, 6) is 0. The summed E-state index contributed by atoms with van der Waals surface area (Å²) in [6.07, 6.45) is 13.8. The van der Waals surface area contributed by atoms with Crippen LogP contribution in [-0.2, 0) is 0 Å². The standard InChI is InChI=1S/C12H20.C9H17N.C2H6/c1-5-6-7-8-12(4)10-9-11(2)3;1-5-7-10(4)8-9(3)6-2;1-2/h6-7,9H,4-5,8,10H2,1-3H3;5-6H,1,7-8H2,2-4H3;1-2H3/b7-6+;9-6+;. The lowest BCUT2D eigenvalue weighted by Crippen LogP contribution is -2.19. The van der Waals surface area contributed by atoms with Crippen LogP contribution in [0.5, 0.6) is 0 Å². The number of likely N-dealkylation sites (N-methyl/N-ethyl adjacent to an activating group) is 1. The first-order chi connectivity index (χ1) is 11.4. The molecule has 1 nitrogen and oxygen atoms in total. The van der Waals surface area contributed by atoms with Gasteiger partial charge in [-0.05, 0) is 54.0 Å². The fraction of sp³-hybridized carbons (Fsp3) is 0.565. The van der Waals surface area contributed by atoms with Crippen molar-refractivity contribution < 1.29 is 0 Å². The summed E-state index contributed by atoms with van der Waals surface area (Å²) in [5.41, 5.74) is 4.07. The molecule has 1 heteroatoms. The van der Waals surface area contributed by atoms with Crippen molar-refractivity contribution in [2.45, 2.75) is 67.7 Å². The van der Waals surface area contributed by atoms with Crippen molar-refractivity contribution in [3.05, 3.63) is 60.3 Å². The van der Waals surface area contributed by atoms with E-state index in [1.807, 2.05) is 19.9 Å². The maximum Gasteiger partial charge on any atom is 0.0190 e. The monoisotopic (exact) mass is 333 g/mol. The van der Waals surface area contributed by atoms with E-state index in [0.29, 0.717) is 0 Å². The molecule has 0 aromatic rings. The fourth-order valence-electron chi connectivity index (χ4n) is 1.65. The Morgan fingerprint density at radius 2 is 1.62 bits per heavy atom. The largest absolute Gasteiger partial charge is 0.299 e. The van der Waals surface area contributed by atoms with Crippen molar-refractivity contribution in [1.82, 2.24) is 4.90 Å². The van der Waals surface area contributed by atoms with E-state index in [-0.39, 0.29) is 0 Å². The molecule has 0 N–H and O–H groups in total. The van der Waals surface area contributed by atoms with Gasteiger partial charge >= 0.3 is 0 Å². The number of hydrogen-bond acceptors (Lipinski definition) is 1. The maximum absolute atomic E-state index is 4.00. The van der Waals surface area contributed by atoms with Crippen molar-refractivity contribution in [3.8, 4) is 0 Å². The summed E-state index contributed by atoms with van der Waals surface area (Å²) >= 11 is 0. The third-order valence-electron chi connectivity index (χ3n) is 3.06. The van der Waals surface area contributed by atoms with Gasteiger partial charge in [0.15, 0.2) is 0 Å². The van der Waals surface area contributed by atoms with Crippen LogP contribution in [0, 0.1) is 0 Å². The Morgan fingerprint density at radius 1 is 1.04 bits per heavy atom. The van der Waals surface area contributed by atoms with Gasteiger partial charge in [0.25, 0.3) is 0 Å².